The van der Waals surface area contributed by atoms with Crippen LogP contribution in [0.2, 0.25) is 0 Å². The second kappa shape index (κ2) is 8.53. The summed E-state index contributed by atoms with van der Waals surface area (Å²) in [6.45, 7) is 2.15. The van der Waals surface area contributed by atoms with Crippen molar-refractivity contribution in [1.29, 1.82) is 0 Å². The van der Waals surface area contributed by atoms with Crippen LogP contribution in [0.25, 0.3) is 0 Å². The number of para-hydroxylation sites is 1. The predicted octanol–water partition coefficient (Wildman–Crippen LogP) is 3.38. The van der Waals surface area contributed by atoms with Crippen LogP contribution in [0.15, 0.2) is 54.6 Å². The average Bonchev–Trinajstić information content (AvgIpc) is 2.92. The zero-order valence-electron chi connectivity index (χ0n) is 16.2. The molecule has 2 saturated heterocycles. The van der Waals surface area contributed by atoms with Gasteiger partial charge in [0.1, 0.15) is 11.5 Å². The number of likely N-dealkylation sites (tertiary alicyclic amines) is 1. The fourth-order valence-corrected chi connectivity index (χ4v) is 3.63. The number of amides is 3. The Hall–Kier alpha value is -3.06. The molecule has 0 unspecified atom stereocenters. The number of ether oxygens (including phenoxy) is 2. The van der Waals surface area contributed by atoms with E-state index < -0.39 is 0 Å². The number of anilines is 1. The number of carbonyl (C=O) groups is 2. The number of carbonyl (C=O) groups excluding carboxylic acids is 2. The molecule has 2 N–H and O–H groups in total. The number of hydrogen-bond acceptors (Lipinski definition) is 4. The Balaban J connectivity index is 1.29. The van der Waals surface area contributed by atoms with Crippen molar-refractivity contribution in [3.63, 3.8) is 0 Å². The van der Waals surface area contributed by atoms with Gasteiger partial charge >= 0.3 is 6.03 Å². The van der Waals surface area contributed by atoms with E-state index in [2.05, 4.69) is 10.6 Å². The van der Waals surface area contributed by atoms with Crippen molar-refractivity contribution in [3.05, 3.63) is 54.6 Å². The van der Waals surface area contributed by atoms with E-state index in [1.54, 1.807) is 4.90 Å². The van der Waals surface area contributed by atoms with E-state index in [0.29, 0.717) is 56.9 Å². The van der Waals surface area contributed by atoms with Crippen LogP contribution >= 0.6 is 0 Å². The van der Waals surface area contributed by atoms with Crippen LogP contribution in [0, 0.1) is 0 Å². The third kappa shape index (κ3) is 4.86. The molecule has 152 valence electrons. The van der Waals surface area contributed by atoms with Gasteiger partial charge in [-0.05, 0) is 49.2 Å². The van der Waals surface area contributed by atoms with Gasteiger partial charge < -0.3 is 25.0 Å². The first-order chi connectivity index (χ1) is 14.1. The molecule has 0 aromatic heterocycles. The summed E-state index contributed by atoms with van der Waals surface area (Å²) < 4.78 is 11.7. The third-order valence-corrected chi connectivity index (χ3v) is 5.39. The zero-order chi connectivity index (χ0) is 20.1. The second-order valence-electron chi connectivity index (χ2n) is 7.41. The lowest BCUT2D eigenvalue weighted by Crippen LogP contribution is -2.53. The van der Waals surface area contributed by atoms with Gasteiger partial charge in [0, 0.05) is 31.7 Å². The Bertz CT molecular complexity index is 846. The first-order valence-electron chi connectivity index (χ1n) is 9.92. The van der Waals surface area contributed by atoms with Gasteiger partial charge in [-0.25, -0.2) is 4.79 Å². The van der Waals surface area contributed by atoms with E-state index >= 15 is 0 Å². The Kier molecular flexibility index (Phi) is 5.67. The molecule has 2 heterocycles. The maximum Gasteiger partial charge on any atom is 0.321 e. The lowest BCUT2D eigenvalue weighted by atomic mass is 9.91. The van der Waals surface area contributed by atoms with Gasteiger partial charge in [0.05, 0.1) is 12.2 Å². The van der Waals surface area contributed by atoms with Crippen molar-refractivity contribution >= 4 is 17.6 Å². The van der Waals surface area contributed by atoms with E-state index in [9.17, 15) is 9.59 Å². The summed E-state index contributed by atoms with van der Waals surface area (Å²) in [5, 5.41) is 5.85. The SMILES string of the molecule is O=C1CCOC2(CCN(C(=O)Nc3ccc(Oc4ccccc4)cc3)CC2)CN1. The van der Waals surface area contributed by atoms with Gasteiger partial charge in [-0.1, -0.05) is 18.2 Å². The molecule has 29 heavy (non-hydrogen) atoms. The topological polar surface area (TPSA) is 79.9 Å². The highest BCUT2D eigenvalue weighted by Gasteiger charge is 2.38. The summed E-state index contributed by atoms with van der Waals surface area (Å²) in [5.41, 5.74) is 0.369. The highest BCUT2D eigenvalue weighted by molar-refractivity contribution is 5.89. The first kappa shape index (κ1) is 19.3. The maximum atomic E-state index is 12.6. The number of rotatable bonds is 3. The summed E-state index contributed by atoms with van der Waals surface area (Å²) in [6.07, 6.45) is 1.82. The van der Waals surface area contributed by atoms with Crippen molar-refractivity contribution in [3.8, 4) is 11.5 Å². The van der Waals surface area contributed by atoms with Gasteiger partial charge in [0.15, 0.2) is 0 Å². The van der Waals surface area contributed by atoms with Gasteiger partial charge in [-0.15, -0.1) is 0 Å². The summed E-state index contributed by atoms with van der Waals surface area (Å²) >= 11 is 0. The van der Waals surface area contributed by atoms with Gasteiger partial charge in [-0.3, -0.25) is 4.79 Å². The van der Waals surface area contributed by atoms with Gasteiger partial charge in [-0.2, -0.15) is 0 Å². The number of benzene rings is 2. The number of nitrogens with one attached hydrogen (secondary N) is 2. The number of piperidine rings is 1. The van der Waals surface area contributed by atoms with Crippen LogP contribution in [-0.4, -0.2) is 48.7 Å². The zero-order valence-corrected chi connectivity index (χ0v) is 16.2. The molecule has 1 spiro atoms. The van der Waals surface area contributed by atoms with Crippen LogP contribution in [-0.2, 0) is 9.53 Å². The first-order valence-corrected chi connectivity index (χ1v) is 9.92. The predicted molar refractivity (Wildman–Crippen MR) is 109 cm³/mol. The highest BCUT2D eigenvalue weighted by atomic mass is 16.5. The number of hydrogen-bond donors (Lipinski definition) is 2. The van der Waals surface area contributed by atoms with Crippen molar-refractivity contribution in [2.45, 2.75) is 24.9 Å². The van der Waals surface area contributed by atoms with Crippen LogP contribution in [0.3, 0.4) is 0 Å². The molecule has 0 aliphatic carbocycles. The fourth-order valence-electron chi connectivity index (χ4n) is 3.63. The molecule has 2 aliphatic heterocycles. The maximum absolute atomic E-state index is 12.6. The van der Waals surface area contributed by atoms with Crippen LogP contribution in [0.1, 0.15) is 19.3 Å². The minimum absolute atomic E-state index is 0.0294. The Morgan fingerprint density at radius 1 is 1.03 bits per heavy atom. The molecular weight excluding hydrogens is 370 g/mol. The fraction of sp³-hybridized carbons (Fsp3) is 0.364. The molecule has 3 amide bonds. The van der Waals surface area contributed by atoms with E-state index in [1.165, 1.54) is 0 Å². The Morgan fingerprint density at radius 3 is 2.45 bits per heavy atom. The van der Waals surface area contributed by atoms with E-state index in [-0.39, 0.29) is 17.5 Å². The standard InChI is InChI=1S/C22H25N3O4/c26-20-10-15-28-22(16-23-20)11-13-25(14-12-22)21(27)24-17-6-8-19(9-7-17)29-18-4-2-1-3-5-18/h1-9H,10-16H2,(H,23,26)(H,24,27). The van der Waals surface area contributed by atoms with Gasteiger partial charge in [0.2, 0.25) is 5.91 Å². The van der Waals surface area contributed by atoms with Crippen LogP contribution in [0.5, 0.6) is 11.5 Å². The summed E-state index contributed by atoms with van der Waals surface area (Å²) in [7, 11) is 0. The normalized spacial score (nSPS) is 18.6. The Morgan fingerprint density at radius 2 is 1.72 bits per heavy atom. The lowest BCUT2D eigenvalue weighted by Gasteiger charge is -2.40. The van der Waals surface area contributed by atoms with E-state index in [0.717, 1.165) is 5.75 Å². The molecule has 7 nitrogen and oxygen atoms in total. The molecule has 0 bridgehead atoms. The lowest BCUT2D eigenvalue weighted by molar-refractivity contribution is -0.120. The monoisotopic (exact) mass is 395 g/mol. The van der Waals surface area contributed by atoms with E-state index in [1.807, 2.05) is 54.6 Å². The molecule has 2 aromatic carbocycles. The minimum Gasteiger partial charge on any atom is -0.457 e. The van der Waals surface area contributed by atoms with Crippen molar-refractivity contribution in [2.75, 3.05) is 31.6 Å². The molecular formula is C22H25N3O4. The van der Waals surface area contributed by atoms with Crippen molar-refractivity contribution in [2.24, 2.45) is 0 Å². The molecule has 0 radical (unpaired) electrons. The molecule has 2 aromatic rings. The third-order valence-electron chi connectivity index (χ3n) is 5.39. The molecule has 2 fully saturated rings. The summed E-state index contributed by atoms with van der Waals surface area (Å²) in [6, 6.07) is 16.7. The largest absolute Gasteiger partial charge is 0.457 e. The van der Waals surface area contributed by atoms with Crippen LogP contribution < -0.4 is 15.4 Å². The van der Waals surface area contributed by atoms with Crippen molar-refractivity contribution < 1.29 is 19.1 Å². The smallest absolute Gasteiger partial charge is 0.321 e. The second-order valence-corrected chi connectivity index (χ2v) is 7.41. The van der Waals surface area contributed by atoms with Crippen LogP contribution in [0.4, 0.5) is 10.5 Å². The molecule has 7 heteroatoms. The molecule has 4 rings (SSSR count). The Labute approximate surface area is 170 Å². The molecule has 0 atom stereocenters. The average molecular weight is 395 g/mol. The van der Waals surface area contributed by atoms with Crippen molar-refractivity contribution in [1.82, 2.24) is 10.2 Å². The number of nitrogens with zero attached hydrogens (tertiary/aromatic N) is 1. The molecule has 2 aliphatic rings. The molecule has 0 saturated carbocycles. The van der Waals surface area contributed by atoms with Gasteiger partial charge in [0.25, 0.3) is 0 Å². The summed E-state index contributed by atoms with van der Waals surface area (Å²) in [4.78, 5) is 25.9. The summed E-state index contributed by atoms with van der Waals surface area (Å²) in [5.74, 6) is 1.51. The number of urea groups is 1. The quantitative estimate of drug-likeness (QED) is 0.835. The minimum atomic E-state index is -0.348. The van der Waals surface area contributed by atoms with E-state index in [4.69, 9.17) is 9.47 Å². The highest BCUT2D eigenvalue weighted by Crippen LogP contribution is 2.28.